The molecule has 0 saturated heterocycles. The Hall–Kier alpha value is -1.32. The van der Waals surface area contributed by atoms with Crippen molar-refractivity contribution in [3.8, 4) is 0 Å². The average molecular weight is 235 g/mol. The Morgan fingerprint density at radius 3 is 2.35 bits per heavy atom. The van der Waals surface area contributed by atoms with Gasteiger partial charge in [-0.3, -0.25) is 0 Å². The second-order valence-corrected chi connectivity index (χ2v) is 3.49. The summed E-state index contributed by atoms with van der Waals surface area (Å²) >= 11 is 0. The molecule has 0 fully saturated rings. The van der Waals surface area contributed by atoms with Crippen LogP contribution in [0.1, 0.15) is 19.4 Å². The van der Waals surface area contributed by atoms with Gasteiger partial charge in [0.15, 0.2) is 6.29 Å². The molecule has 1 rings (SSSR count). The molecule has 0 atom stereocenters. The van der Waals surface area contributed by atoms with Crippen LogP contribution in [0, 0.1) is 0 Å². The SMILES string of the molecule is CCOC(CNC=Cc1ccccc1)OCC. The monoisotopic (exact) mass is 235 g/mol. The largest absolute Gasteiger partial charge is 0.386 e. The Labute approximate surface area is 103 Å². The van der Waals surface area contributed by atoms with Crippen molar-refractivity contribution in [2.45, 2.75) is 20.1 Å². The highest BCUT2D eigenvalue weighted by atomic mass is 16.7. The lowest BCUT2D eigenvalue weighted by molar-refractivity contribution is -0.131. The van der Waals surface area contributed by atoms with Crippen LogP contribution in [0.5, 0.6) is 0 Å². The smallest absolute Gasteiger partial charge is 0.174 e. The van der Waals surface area contributed by atoms with Crippen molar-refractivity contribution in [2.24, 2.45) is 0 Å². The van der Waals surface area contributed by atoms with Gasteiger partial charge < -0.3 is 14.8 Å². The summed E-state index contributed by atoms with van der Waals surface area (Å²) in [6.07, 6.45) is 3.76. The van der Waals surface area contributed by atoms with Crippen LogP contribution in [-0.2, 0) is 9.47 Å². The molecule has 1 N–H and O–H groups in total. The lowest BCUT2D eigenvalue weighted by Gasteiger charge is -2.16. The average Bonchev–Trinajstić information content (AvgIpc) is 2.36. The van der Waals surface area contributed by atoms with E-state index in [1.807, 2.05) is 44.3 Å². The van der Waals surface area contributed by atoms with Crippen LogP contribution in [0.4, 0.5) is 0 Å². The standard InChI is InChI=1S/C14H21NO2/c1-3-16-14(17-4-2)12-15-11-10-13-8-6-5-7-9-13/h5-11,14-15H,3-4,12H2,1-2H3. The third kappa shape index (κ3) is 6.09. The Morgan fingerprint density at radius 2 is 1.76 bits per heavy atom. The van der Waals surface area contributed by atoms with E-state index < -0.39 is 0 Å². The van der Waals surface area contributed by atoms with Gasteiger partial charge in [-0.25, -0.2) is 0 Å². The van der Waals surface area contributed by atoms with Gasteiger partial charge in [0.25, 0.3) is 0 Å². The van der Waals surface area contributed by atoms with Crippen molar-refractivity contribution in [3.63, 3.8) is 0 Å². The highest BCUT2D eigenvalue weighted by molar-refractivity contribution is 5.48. The fourth-order valence-electron chi connectivity index (χ4n) is 1.42. The molecular weight excluding hydrogens is 214 g/mol. The second kappa shape index (κ2) is 8.79. The number of hydrogen-bond acceptors (Lipinski definition) is 3. The first kappa shape index (κ1) is 13.7. The van der Waals surface area contributed by atoms with Crippen LogP contribution in [0.15, 0.2) is 36.5 Å². The van der Waals surface area contributed by atoms with Gasteiger partial charge in [-0.2, -0.15) is 0 Å². The quantitative estimate of drug-likeness (QED) is 0.703. The number of hydrogen-bond donors (Lipinski definition) is 1. The molecule has 0 saturated carbocycles. The lowest BCUT2D eigenvalue weighted by Crippen LogP contribution is -2.28. The van der Waals surface area contributed by atoms with Crippen LogP contribution < -0.4 is 5.32 Å². The second-order valence-electron chi connectivity index (χ2n) is 3.49. The van der Waals surface area contributed by atoms with Gasteiger partial charge in [0.05, 0.1) is 6.54 Å². The van der Waals surface area contributed by atoms with E-state index in [1.54, 1.807) is 0 Å². The molecule has 0 aliphatic rings. The number of ether oxygens (including phenoxy) is 2. The van der Waals surface area contributed by atoms with Crippen molar-refractivity contribution in [1.82, 2.24) is 5.32 Å². The van der Waals surface area contributed by atoms with Crippen molar-refractivity contribution in [1.29, 1.82) is 0 Å². The fourth-order valence-corrected chi connectivity index (χ4v) is 1.42. The first-order chi connectivity index (χ1) is 8.36. The van der Waals surface area contributed by atoms with Crippen molar-refractivity contribution < 1.29 is 9.47 Å². The maximum Gasteiger partial charge on any atom is 0.174 e. The van der Waals surface area contributed by atoms with Gasteiger partial charge in [0.2, 0.25) is 0 Å². The minimum absolute atomic E-state index is 0.176. The Bertz CT molecular complexity index is 305. The molecule has 0 aromatic heterocycles. The summed E-state index contributed by atoms with van der Waals surface area (Å²) in [4.78, 5) is 0. The van der Waals surface area contributed by atoms with Gasteiger partial charge in [0, 0.05) is 13.2 Å². The molecule has 0 spiro atoms. The zero-order valence-corrected chi connectivity index (χ0v) is 10.6. The molecular formula is C14H21NO2. The van der Waals surface area contributed by atoms with Crippen LogP contribution in [-0.4, -0.2) is 26.0 Å². The van der Waals surface area contributed by atoms with E-state index in [0.29, 0.717) is 19.8 Å². The summed E-state index contributed by atoms with van der Waals surface area (Å²) in [6.45, 7) is 5.91. The predicted octanol–water partition coefficient (Wildman–Crippen LogP) is 2.65. The fraction of sp³-hybridized carbons (Fsp3) is 0.429. The minimum Gasteiger partial charge on any atom is -0.386 e. The van der Waals surface area contributed by atoms with Crippen molar-refractivity contribution in [3.05, 3.63) is 42.1 Å². The van der Waals surface area contributed by atoms with Crippen LogP contribution >= 0.6 is 0 Å². The van der Waals surface area contributed by atoms with E-state index in [4.69, 9.17) is 9.47 Å². The summed E-state index contributed by atoms with van der Waals surface area (Å²) in [5.41, 5.74) is 1.17. The molecule has 0 unspecified atom stereocenters. The normalized spacial score (nSPS) is 11.2. The number of rotatable bonds is 8. The molecule has 3 nitrogen and oxygen atoms in total. The molecule has 3 heteroatoms. The van der Waals surface area contributed by atoms with E-state index >= 15 is 0 Å². The van der Waals surface area contributed by atoms with Crippen molar-refractivity contribution in [2.75, 3.05) is 19.8 Å². The molecule has 0 amide bonds. The molecule has 0 aliphatic carbocycles. The molecule has 0 radical (unpaired) electrons. The maximum absolute atomic E-state index is 5.42. The first-order valence-corrected chi connectivity index (χ1v) is 6.05. The lowest BCUT2D eigenvalue weighted by atomic mass is 10.2. The van der Waals surface area contributed by atoms with Crippen molar-refractivity contribution >= 4 is 6.08 Å². The number of benzene rings is 1. The molecule has 94 valence electrons. The number of nitrogens with one attached hydrogen (secondary N) is 1. The maximum atomic E-state index is 5.42. The topological polar surface area (TPSA) is 30.5 Å². The van der Waals surface area contributed by atoms with E-state index in [1.165, 1.54) is 5.56 Å². The van der Waals surface area contributed by atoms with Crippen LogP contribution in [0.25, 0.3) is 6.08 Å². The van der Waals surface area contributed by atoms with Gasteiger partial charge in [-0.1, -0.05) is 30.3 Å². The summed E-state index contributed by atoms with van der Waals surface area (Å²) in [5.74, 6) is 0. The molecule has 0 heterocycles. The van der Waals surface area contributed by atoms with E-state index in [9.17, 15) is 0 Å². The molecule has 1 aromatic rings. The van der Waals surface area contributed by atoms with Gasteiger partial charge >= 0.3 is 0 Å². The molecule has 0 aliphatic heterocycles. The highest BCUT2D eigenvalue weighted by Crippen LogP contribution is 2.00. The first-order valence-electron chi connectivity index (χ1n) is 6.05. The zero-order valence-electron chi connectivity index (χ0n) is 10.6. The summed E-state index contributed by atoms with van der Waals surface area (Å²) in [7, 11) is 0. The third-order valence-electron chi connectivity index (χ3n) is 2.18. The van der Waals surface area contributed by atoms with E-state index in [-0.39, 0.29) is 6.29 Å². The predicted molar refractivity (Wildman–Crippen MR) is 70.5 cm³/mol. The summed E-state index contributed by atoms with van der Waals surface area (Å²) in [5, 5.41) is 3.17. The van der Waals surface area contributed by atoms with Crippen LogP contribution in [0.3, 0.4) is 0 Å². The van der Waals surface area contributed by atoms with Crippen LogP contribution in [0.2, 0.25) is 0 Å². The van der Waals surface area contributed by atoms with Gasteiger partial charge in [-0.05, 0) is 31.7 Å². The van der Waals surface area contributed by atoms with Gasteiger partial charge in [-0.15, -0.1) is 0 Å². The molecule has 17 heavy (non-hydrogen) atoms. The van der Waals surface area contributed by atoms with E-state index in [2.05, 4.69) is 17.4 Å². The Balaban J connectivity index is 2.28. The third-order valence-corrected chi connectivity index (χ3v) is 2.18. The van der Waals surface area contributed by atoms with E-state index in [0.717, 1.165) is 0 Å². The molecule has 1 aromatic carbocycles. The van der Waals surface area contributed by atoms with Gasteiger partial charge in [0.1, 0.15) is 0 Å². The minimum atomic E-state index is -0.176. The highest BCUT2D eigenvalue weighted by Gasteiger charge is 2.04. The summed E-state index contributed by atoms with van der Waals surface area (Å²) < 4.78 is 10.8. The molecule has 0 bridgehead atoms. The Kier molecular flexibility index (Phi) is 7.11. The zero-order chi connectivity index (χ0) is 12.3. The summed E-state index contributed by atoms with van der Waals surface area (Å²) in [6, 6.07) is 10.2. The Morgan fingerprint density at radius 1 is 1.12 bits per heavy atom.